The lowest BCUT2D eigenvalue weighted by Crippen LogP contribution is -2.40. The minimum Gasteiger partial charge on any atom is -0.329 e. The monoisotopic (exact) mass is 364 g/mol. The van der Waals surface area contributed by atoms with Crippen molar-refractivity contribution in [1.29, 1.82) is 0 Å². The van der Waals surface area contributed by atoms with Crippen LogP contribution in [0.25, 0.3) is 0 Å². The summed E-state index contributed by atoms with van der Waals surface area (Å²) >= 11 is 11.3. The Hall–Kier alpha value is 0.390. The fourth-order valence-electron chi connectivity index (χ4n) is 2.91. The second-order valence-electron chi connectivity index (χ2n) is 5.60. The smallest absolute Gasteiger partial charge is 0.107 e. The summed E-state index contributed by atoms with van der Waals surface area (Å²) in [7, 11) is 2.21. The van der Waals surface area contributed by atoms with Crippen LogP contribution >= 0.6 is 38.9 Å². The third-order valence-corrected chi connectivity index (χ3v) is 6.84. The number of hydrogen-bond acceptors (Lipinski definition) is 3. The van der Waals surface area contributed by atoms with Gasteiger partial charge < -0.3 is 5.73 Å². The maximum Gasteiger partial charge on any atom is 0.107 e. The number of rotatable bonds is 4. The molecule has 2 N–H and O–H groups in total. The van der Waals surface area contributed by atoms with Gasteiger partial charge in [0.1, 0.15) is 4.34 Å². The van der Waals surface area contributed by atoms with Crippen LogP contribution in [0.3, 0.4) is 0 Å². The first-order chi connectivity index (χ1) is 9.02. The van der Waals surface area contributed by atoms with Crippen LogP contribution < -0.4 is 5.73 Å². The lowest BCUT2D eigenvalue weighted by Gasteiger charge is -2.37. The van der Waals surface area contributed by atoms with E-state index in [1.807, 2.05) is 0 Å². The highest BCUT2D eigenvalue weighted by Gasteiger charge is 2.28. The minimum atomic E-state index is 0.284. The molecule has 1 atom stereocenters. The summed E-state index contributed by atoms with van der Waals surface area (Å²) in [4.78, 5) is 3.72. The summed E-state index contributed by atoms with van der Waals surface area (Å²) in [5.74, 6) is 0.881. The number of thiophene rings is 1. The second kappa shape index (κ2) is 6.90. The molecular weight excluding hydrogens is 344 g/mol. The molecule has 0 radical (unpaired) electrons. The molecule has 1 aromatic heterocycles. The zero-order valence-corrected chi connectivity index (χ0v) is 14.7. The lowest BCUT2D eigenvalue weighted by atomic mass is 9.86. The summed E-state index contributed by atoms with van der Waals surface area (Å²) in [6, 6.07) is 3.06. The van der Waals surface area contributed by atoms with Gasteiger partial charge >= 0.3 is 0 Å². The topological polar surface area (TPSA) is 29.3 Å². The molecule has 1 aliphatic rings. The maximum absolute atomic E-state index is 6.15. The number of hydrogen-bond donors (Lipinski definition) is 1. The van der Waals surface area contributed by atoms with Gasteiger partial charge in [-0.3, -0.25) is 4.90 Å². The Kier molecular flexibility index (Phi) is 5.73. The number of likely N-dealkylation sites (N-methyl/N-ethyl adjacent to an activating group) is 1. The van der Waals surface area contributed by atoms with E-state index in [0.717, 1.165) is 14.7 Å². The van der Waals surface area contributed by atoms with Gasteiger partial charge in [0.2, 0.25) is 0 Å². The van der Waals surface area contributed by atoms with Gasteiger partial charge in [-0.1, -0.05) is 18.5 Å². The van der Waals surface area contributed by atoms with Gasteiger partial charge in [-0.2, -0.15) is 0 Å². The fraction of sp³-hybridized carbons (Fsp3) is 0.714. The molecule has 1 unspecified atom stereocenters. The largest absolute Gasteiger partial charge is 0.329 e. The zero-order valence-electron chi connectivity index (χ0n) is 11.5. The SMILES string of the molecule is CC1CCC(N(C)C(CN)c2cc(Br)c(Cl)s2)CC1. The molecule has 0 aliphatic heterocycles. The van der Waals surface area contributed by atoms with Crippen molar-refractivity contribution in [1.82, 2.24) is 4.90 Å². The van der Waals surface area contributed by atoms with Crippen molar-refractivity contribution < 1.29 is 0 Å². The Morgan fingerprint density at radius 1 is 1.47 bits per heavy atom. The summed E-state index contributed by atoms with van der Waals surface area (Å²) in [5, 5.41) is 0. The fourth-order valence-corrected chi connectivity index (χ4v) is 4.82. The second-order valence-corrected chi connectivity index (χ2v) is 8.14. The summed E-state index contributed by atoms with van der Waals surface area (Å²) in [5.41, 5.74) is 6.01. The molecule has 0 amide bonds. The molecule has 0 spiro atoms. The molecule has 0 bridgehead atoms. The summed E-state index contributed by atoms with van der Waals surface area (Å²) < 4.78 is 1.80. The van der Waals surface area contributed by atoms with E-state index in [1.165, 1.54) is 30.6 Å². The Labute approximate surface area is 133 Å². The Bertz CT molecular complexity index is 396. The number of halogens is 2. The first-order valence-corrected chi connectivity index (χ1v) is 8.88. The first-order valence-electron chi connectivity index (χ1n) is 6.89. The van der Waals surface area contributed by atoms with Gasteiger partial charge in [-0.05, 0) is 60.6 Å². The van der Waals surface area contributed by atoms with E-state index in [1.54, 1.807) is 11.3 Å². The molecule has 1 aromatic rings. The molecule has 0 saturated heterocycles. The van der Waals surface area contributed by atoms with Crippen molar-refractivity contribution >= 4 is 38.9 Å². The van der Waals surface area contributed by atoms with Gasteiger partial charge in [0.25, 0.3) is 0 Å². The zero-order chi connectivity index (χ0) is 14.0. The van der Waals surface area contributed by atoms with Crippen LogP contribution in [-0.2, 0) is 0 Å². The molecule has 1 aliphatic carbocycles. The normalized spacial score (nSPS) is 25.8. The van der Waals surface area contributed by atoms with Gasteiger partial charge in [-0.15, -0.1) is 11.3 Å². The van der Waals surface area contributed by atoms with E-state index >= 15 is 0 Å². The van der Waals surface area contributed by atoms with Crippen LogP contribution in [-0.4, -0.2) is 24.5 Å². The molecule has 1 saturated carbocycles. The van der Waals surface area contributed by atoms with Crippen LogP contribution in [0, 0.1) is 5.92 Å². The molecular formula is C14H22BrClN2S. The highest BCUT2D eigenvalue weighted by Crippen LogP contribution is 2.38. The Morgan fingerprint density at radius 2 is 2.11 bits per heavy atom. The highest BCUT2D eigenvalue weighted by atomic mass is 79.9. The van der Waals surface area contributed by atoms with Crippen molar-refractivity contribution in [3.05, 3.63) is 19.8 Å². The van der Waals surface area contributed by atoms with Gasteiger partial charge in [-0.25, -0.2) is 0 Å². The molecule has 19 heavy (non-hydrogen) atoms. The van der Waals surface area contributed by atoms with Crippen LogP contribution in [0.1, 0.15) is 43.5 Å². The van der Waals surface area contributed by atoms with E-state index in [2.05, 4.69) is 40.9 Å². The third kappa shape index (κ3) is 3.73. The van der Waals surface area contributed by atoms with E-state index < -0.39 is 0 Å². The quantitative estimate of drug-likeness (QED) is 0.839. The van der Waals surface area contributed by atoms with Gasteiger partial charge in [0, 0.05) is 21.9 Å². The van der Waals surface area contributed by atoms with Gasteiger partial charge in [0.15, 0.2) is 0 Å². The molecule has 0 aromatic carbocycles. The van der Waals surface area contributed by atoms with Crippen LogP contribution in [0.2, 0.25) is 4.34 Å². The van der Waals surface area contributed by atoms with Gasteiger partial charge in [0.05, 0.1) is 6.04 Å². The van der Waals surface area contributed by atoms with Crippen molar-refractivity contribution in [3.8, 4) is 0 Å². The average molecular weight is 366 g/mol. The van der Waals surface area contributed by atoms with Crippen molar-refractivity contribution in [3.63, 3.8) is 0 Å². The molecule has 2 nitrogen and oxygen atoms in total. The number of nitrogens with two attached hydrogens (primary N) is 1. The average Bonchev–Trinajstić information content (AvgIpc) is 2.71. The predicted molar refractivity (Wildman–Crippen MR) is 88.0 cm³/mol. The van der Waals surface area contributed by atoms with Crippen LogP contribution in [0.15, 0.2) is 10.5 Å². The molecule has 1 fully saturated rings. The van der Waals surface area contributed by atoms with Crippen LogP contribution in [0.4, 0.5) is 0 Å². The van der Waals surface area contributed by atoms with E-state index in [0.29, 0.717) is 12.6 Å². The molecule has 108 valence electrons. The standard InChI is InChI=1S/C14H22BrClN2S/c1-9-3-5-10(6-4-9)18(2)12(8-17)13-7-11(15)14(16)19-13/h7,9-10,12H,3-6,8,17H2,1-2H3. The van der Waals surface area contributed by atoms with E-state index in [4.69, 9.17) is 17.3 Å². The summed E-state index contributed by atoms with van der Waals surface area (Å²) in [6.07, 6.45) is 5.24. The molecule has 5 heteroatoms. The number of nitrogens with zero attached hydrogens (tertiary/aromatic N) is 1. The Morgan fingerprint density at radius 3 is 2.58 bits per heavy atom. The minimum absolute atomic E-state index is 0.284. The summed E-state index contributed by atoms with van der Waals surface area (Å²) in [6.45, 7) is 3.00. The maximum atomic E-state index is 6.15. The highest BCUT2D eigenvalue weighted by molar-refractivity contribution is 9.10. The molecule has 2 rings (SSSR count). The first kappa shape index (κ1) is 15.8. The third-order valence-electron chi connectivity index (χ3n) is 4.27. The predicted octanol–water partition coefficient (Wildman–Crippen LogP) is 4.67. The Balaban J connectivity index is 2.08. The lowest BCUT2D eigenvalue weighted by molar-refractivity contribution is 0.128. The van der Waals surface area contributed by atoms with Crippen molar-refractivity contribution in [2.45, 2.75) is 44.7 Å². The van der Waals surface area contributed by atoms with Crippen LogP contribution in [0.5, 0.6) is 0 Å². The molecule has 1 heterocycles. The van der Waals surface area contributed by atoms with E-state index in [9.17, 15) is 0 Å². The van der Waals surface area contributed by atoms with Crippen molar-refractivity contribution in [2.24, 2.45) is 11.7 Å². The van der Waals surface area contributed by atoms with E-state index in [-0.39, 0.29) is 6.04 Å². The van der Waals surface area contributed by atoms with Crippen molar-refractivity contribution in [2.75, 3.05) is 13.6 Å².